The number of ether oxygens (including phenoxy) is 1. The van der Waals surface area contributed by atoms with E-state index in [9.17, 15) is 19.4 Å². The van der Waals surface area contributed by atoms with Crippen LogP contribution in [0.2, 0.25) is 0 Å². The summed E-state index contributed by atoms with van der Waals surface area (Å²) >= 11 is 0. The molecule has 1 amide bonds. The third-order valence-corrected chi connectivity index (χ3v) is 3.16. The second-order valence-corrected chi connectivity index (χ2v) is 5.53. The summed E-state index contributed by atoms with van der Waals surface area (Å²) in [6.07, 6.45) is -0.467. The summed E-state index contributed by atoms with van der Waals surface area (Å²) in [5, 5.41) is 18.9. The summed E-state index contributed by atoms with van der Waals surface area (Å²) in [5.41, 5.74) is -0.544. The average molecular weight is 283 g/mol. The quantitative estimate of drug-likeness (QED) is 0.854. The first kappa shape index (κ1) is 14.7. The maximum absolute atomic E-state index is 13.0. The van der Waals surface area contributed by atoms with E-state index in [2.05, 4.69) is 0 Å². The molecule has 20 heavy (non-hydrogen) atoms. The van der Waals surface area contributed by atoms with Gasteiger partial charge in [-0.3, -0.25) is 4.79 Å². The van der Waals surface area contributed by atoms with Gasteiger partial charge in [0.1, 0.15) is 11.6 Å². The molecule has 2 rings (SSSR count). The number of rotatable bonds is 2. The Kier molecular flexibility index (Phi) is 3.96. The number of amides is 1. The molecule has 6 heteroatoms. The molecular formula is C14H18FNO4. The summed E-state index contributed by atoms with van der Waals surface area (Å²) in [6, 6.07) is 3.29. The van der Waals surface area contributed by atoms with Gasteiger partial charge in [-0.1, -0.05) is 0 Å². The number of hydrogen-bond acceptors (Lipinski definition) is 4. The number of hydrogen-bond donors (Lipinski definition) is 2. The Morgan fingerprint density at radius 2 is 2.25 bits per heavy atom. The van der Waals surface area contributed by atoms with Gasteiger partial charge in [-0.2, -0.15) is 0 Å². The second-order valence-electron chi connectivity index (χ2n) is 5.53. The number of nitrogens with zero attached hydrogens (tertiary/aromatic N) is 1. The first-order valence-corrected chi connectivity index (χ1v) is 6.39. The lowest BCUT2D eigenvalue weighted by Gasteiger charge is -2.42. The molecule has 1 aliphatic rings. The van der Waals surface area contributed by atoms with Crippen molar-refractivity contribution in [3.63, 3.8) is 0 Å². The number of carbonyl (C=O) groups is 1. The number of phenolic OH excluding ortho intramolecular Hbond substituents is 1. The first-order chi connectivity index (χ1) is 9.32. The fourth-order valence-electron chi connectivity index (χ4n) is 2.40. The molecule has 1 fully saturated rings. The van der Waals surface area contributed by atoms with Gasteiger partial charge in [0.15, 0.2) is 0 Å². The van der Waals surface area contributed by atoms with Crippen LogP contribution in [0.3, 0.4) is 0 Å². The van der Waals surface area contributed by atoms with Gasteiger partial charge in [-0.15, -0.1) is 0 Å². The first-order valence-electron chi connectivity index (χ1n) is 6.39. The van der Waals surface area contributed by atoms with Crippen LogP contribution in [-0.2, 0) is 4.74 Å². The highest BCUT2D eigenvalue weighted by Crippen LogP contribution is 2.25. The molecule has 0 aromatic heterocycles. The summed E-state index contributed by atoms with van der Waals surface area (Å²) in [4.78, 5) is 13.9. The Morgan fingerprint density at radius 3 is 2.85 bits per heavy atom. The molecule has 0 bridgehead atoms. The van der Waals surface area contributed by atoms with Crippen LogP contribution in [-0.4, -0.2) is 52.4 Å². The van der Waals surface area contributed by atoms with Crippen LogP contribution in [0.15, 0.2) is 18.2 Å². The third-order valence-electron chi connectivity index (χ3n) is 3.16. The number of morpholine rings is 1. The lowest BCUT2D eigenvalue weighted by molar-refractivity contribution is -0.139. The van der Waals surface area contributed by atoms with Gasteiger partial charge in [0.05, 0.1) is 23.9 Å². The molecule has 1 aromatic rings. The molecule has 1 unspecified atom stereocenters. The smallest absolute Gasteiger partial charge is 0.257 e. The summed E-state index contributed by atoms with van der Waals surface area (Å²) in [5.74, 6) is -1.40. The lowest BCUT2D eigenvalue weighted by Crippen LogP contribution is -2.55. The van der Waals surface area contributed by atoms with Crippen LogP contribution < -0.4 is 0 Å². The molecule has 0 saturated carbocycles. The Labute approximate surface area is 116 Å². The van der Waals surface area contributed by atoms with Crippen LogP contribution >= 0.6 is 0 Å². The van der Waals surface area contributed by atoms with Crippen molar-refractivity contribution in [2.45, 2.75) is 25.6 Å². The van der Waals surface area contributed by atoms with E-state index in [0.29, 0.717) is 6.54 Å². The number of carbonyl (C=O) groups excluding carboxylic acids is 1. The highest BCUT2D eigenvalue weighted by Gasteiger charge is 2.36. The predicted molar refractivity (Wildman–Crippen MR) is 70.0 cm³/mol. The van der Waals surface area contributed by atoms with Crippen molar-refractivity contribution < 1.29 is 24.1 Å². The molecule has 1 aliphatic heterocycles. The number of aromatic hydroxyl groups is 1. The van der Waals surface area contributed by atoms with E-state index in [0.717, 1.165) is 12.1 Å². The van der Waals surface area contributed by atoms with Gasteiger partial charge in [-0.05, 0) is 26.0 Å². The predicted octanol–water partition coefficient (Wildman–Crippen LogP) is 1.14. The van der Waals surface area contributed by atoms with Gasteiger partial charge in [0, 0.05) is 19.2 Å². The highest BCUT2D eigenvalue weighted by atomic mass is 19.1. The van der Waals surface area contributed by atoms with Gasteiger partial charge in [0.2, 0.25) is 0 Å². The molecule has 110 valence electrons. The third kappa shape index (κ3) is 3.08. The standard InChI is InChI=1S/C14H18FNO4/c1-14(2)8-16(6-10(7-17)20-14)13(19)11-4-3-9(15)5-12(11)18/h3-5,10,17-18H,6-8H2,1-2H3. The number of aliphatic hydroxyl groups is 1. The zero-order chi connectivity index (χ0) is 14.9. The van der Waals surface area contributed by atoms with Gasteiger partial charge in [0.25, 0.3) is 5.91 Å². The molecule has 1 saturated heterocycles. The summed E-state index contributed by atoms with van der Waals surface area (Å²) in [7, 11) is 0. The molecule has 0 spiro atoms. The molecule has 0 aliphatic carbocycles. The van der Waals surface area contributed by atoms with Gasteiger partial charge < -0.3 is 19.8 Å². The minimum atomic E-state index is -0.602. The molecule has 1 atom stereocenters. The van der Waals surface area contributed by atoms with Crippen LogP contribution in [0, 0.1) is 5.82 Å². The highest BCUT2D eigenvalue weighted by molar-refractivity contribution is 5.96. The molecule has 1 heterocycles. The number of halogens is 1. The van der Waals surface area contributed by atoms with Gasteiger partial charge >= 0.3 is 0 Å². The Hall–Kier alpha value is -1.66. The number of aliphatic hydroxyl groups excluding tert-OH is 1. The van der Waals surface area contributed by atoms with E-state index in [1.54, 1.807) is 0 Å². The number of phenols is 1. The van der Waals surface area contributed by atoms with Crippen LogP contribution in [0.4, 0.5) is 4.39 Å². The number of benzene rings is 1. The van der Waals surface area contributed by atoms with Crippen LogP contribution in [0.1, 0.15) is 24.2 Å². The zero-order valence-electron chi connectivity index (χ0n) is 11.5. The van der Waals surface area contributed by atoms with Crippen molar-refractivity contribution in [2.24, 2.45) is 0 Å². The van der Waals surface area contributed by atoms with Crippen molar-refractivity contribution in [3.05, 3.63) is 29.6 Å². The SMILES string of the molecule is CC1(C)CN(C(=O)c2ccc(F)cc2O)CC(CO)O1. The van der Waals surface area contributed by atoms with Crippen molar-refractivity contribution in [2.75, 3.05) is 19.7 Å². The lowest BCUT2D eigenvalue weighted by atomic mass is 10.0. The maximum Gasteiger partial charge on any atom is 0.257 e. The molecule has 5 nitrogen and oxygen atoms in total. The van der Waals surface area contributed by atoms with E-state index >= 15 is 0 Å². The van der Waals surface area contributed by atoms with Crippen LogP contribution in [0.25, 0.3) is 0 Å². The fourth-order valence-corrected chi connectivity index (χ4v) is 2.40. The maximum atomic E-state index is 13.0. The second kappa shape index (κ2) is 5.38. The molecule has 1 aromatic carbocycles. The van der Waals surface area contributed by atoms with Crippen molar-refractivity contribution in [3.8, 4) is 5.75 Å². The van der Waals surface area contributed by atoms with E-state index in [4.69, 9.17) is 4.74 Å². The van der Waals surface area contributed by atoms with E-state index in [1.165, 1.54) is 11.0 Å². The summed E-state index contributed by atoms with van der Waals surface area (Å²) in [6.45, 7) is 4.01. The Morgan fingerprint density at radius 1 is 1.55 bits per heavy atom. The minimum absolute atomic E-state index is 0.0424. The van der Waals surface area contributed by atoms with Crippen molar-refractivity contribution in [1.82, 2.24) is 4.90 Å². The molecule has 0 radical (unpaired) electrons. The topological polar surface area (TPSA) is 70.0 Å². The largest absolute Gasteiger partial charge is 0.507 e. The zero-order valence-corrected chi connectivity index (χ0v) is 11.5. The molecular weight excluding hydrogens is 265 g/mol. The minimum Gasteiger partial charge on any atom is -0.507 e. The van der Waals surface area contributed by atoms with E-state index in [1.807, 2.05) is 13.8 Å². The van der Waals surface area contributed by atoms with Crippen molar-refractivity contribution in [1.29, 1.82) is 0 Å². The summed E-state index contributed by atoms with van der Waals surface area (Å²) < 4.78 is 18.6. The fraction of sp³-hybridized carbons (Fsp3) is 0.500. The van der Waals surface area contributed by atoms with Crippen LogP contribution in [0.5, 0.6) is 5.75 Å². The normalized spacial score (nSPS) is 21.8. The monoisotopic (exact) mass is 283 g/mol. The van der Waals surface area contributed by atoms with Crippen molar-refractivity contribution >= 4 is 5.91 Å². The Balaban J connectivity index is 2.23. The molecule has 2 N–H and O–H groups in total. The van der Waals surface area contributed by atoms with E-state index in [-0.39, 0.29) is 24.5 Å². The van der Waals surface area contributed by atoms with E-state index < -0.39 is 23.4 Å². The average Bonchev–Trinajstić information content (AvgIpc) is 2.36. The Bertz CT molecular complexity index is 518. The van der Waals surface area contributed by atoms with Gasteiger partial charge in [-0.25, -0.2) is 4.39 Å².